The van der Waals surface area contributed by atoms with Crippen LogP contribution in [-0.2, 0) is 9.59 Å². The second-order valence-electron chi connectivity index (χ2n) is 5.29. The molecule has 1 N–H and O–H groups in total. The fraction of sp³-hybridized carbons (Fsp3) is 0.188. The van der Waals surface area contributed by atoms with Gasteiger partial charge in [-0.1, -0.05) is 29.0 Å². The average Bonchev–Trinajstić information content (AvgIpc) is 2.86. The van der Waals surface area contributed by atoms with Crippen molar-refractivity contribution >= 4 is 49.7 Å². The van der Waals surface area contributed by atoms with Gasteiger partial charge in [0.05, 0.1) is 20.9 Å². The number of hydrogen-bond acceptors (Lipinski definition) is 6. The number of rotatable bonds is 3. The predicted molar refractivity (Wildman–Crippen MR) is 90.3 cm³/mol. The third kappa shape index (κ3) is 2.31. The van der Waals surface area contributed by atoms with Crippen LogP contribution < -0.4 is 5.49 Å². The summed E-state index contributed by atoms with van der Waals surface area (Å²) in [6, 6.07) is 7.21. The SMILES string of the molecule is CC(=O)C(C(C)=O)c1nc2sc3cccc(Cl)c3n2c(=N)c1C#N. The van der Waals surface area contributed by atoms with Gasteiger partial charge in [-0.05, 0) is 26.0 Å². The van der Waals surface area contributed by atoms with Crippen LogP contribution in [0.1, 0.15) is 31.0 Å². The first-order chi connectivity index (χ1) is 11.4. The summed E-state index contributed by atoms with van der Waals surface area (Å²) in [5.41, 5.74) is 0.388. The molecule has 0 aliphatic carbocycles. The van der Waals surface area contributed by atoms with E-state index in [-0.39, 0.29) is 16.7 Å². The van der Waals surface area contributed by atoms with Crippen molar-refractivity contribution in [1.29, 1.82) is 10.7 Å². The summed E-state index contributed by atoms with van der Waals surface area (Å²) in [7, 11) is 0. The van der Waals surface area contributed by atoms with Crippen LogP contribution in [0.3, 0.4) is 0 Å². The lowest BCUT2D eigenvalue weighted by Gasteiger charge is -2.12. The highest BCUT2D eigenvalue weighted by atomic mass is 35.5. The Hall–Kier alpha value is -2.56. The molecule has 24 heavy (non-hydrogen) atoms. The van der Waals surface area contributed by atoms with Crippen molar-refractivity contribution in [3.63, 3.8) is 0 Å². The standard InChI is InChI=1S/C16H11ClN4O2S/c1-7(22)12(8(2)23)13-9(6-18)15(19)21-14-10(17)4-3-5-11(14)24-16(21)20-13/h3-5,12,19H,1-2H3. The highest BCUT2D eigenvalue weighted by Gasteiger charge is 2.29. The van der Waals surface area contributed by atoms with E-state index in [0.717, 1.165) is 4.70 Å². The molecule has 8 heteroatoms. The fourth-order valence-corrected chi connectivity index (χ4v) is 4.07. The Morgan fingerprint density at radius 3 is 2.62 bits per heavy atom. The summed E-state index contributed by atoms with van der Waals surface area (Å²) in [6.45, 7) is 2.55. The first-order valence-corrected chi connectivity index (χ1v) is 8.15. The zero-order valence-electron chi connectivity index (χ0n) is 12.8. The molecule has 0 saturated carbocycles. The molecule has 0 atom stereocenters. The van der Waals surface area contributed by atoms with Crippen molar-refractivity contribution in [1.82, 2.24) is 9.38 Å². The second-order valence-corrected chi connectivity index (χ2v) is 6.71. The van der Waals surface area contributed by atoms with Crippen molar-refractivity contribution in [2.24, 2.45) is 0 Å². The Kier molecular flexibility index (Phi) is 3.95. The number of benzene rings is 1. The molecule has 0 spiro atoms. The quantitative estimate of drug-likeness (QED) is 0.727. The molecule has 0 amide bonds. The van der Waals surface area contributed by atoms with Crippen LogP contribution in [0.4, 0.5) is 0 Å². The lowest BCUT2D eigenvalue weighted by Crippen LogP contribution is -2.26. The first-order valence-electron chi connectivity index (χ1n) is 6.96. The first kappa shape index (κ1) is 16.3. The smallest absolute Gasteiger partial charge is 0.196 e. The van der Waals surface area contributed by atoms with E-state index in [4.69, 9.17) is 17.0 Å². The number of fused-ring (bicyclic) bond motifs is 3. The van der Waals surface area contributed by atoms with Crippen LogP contribution in [-0.4, -0.2) is 21.0 Å². The number of nitrogens with zero attached hydrogens (tertiary/aromatic N) is 3. The van der Waals surface area contributed by atoms with E-state index in [1.807, 2.05) is 12.1 Å². The molecule has 3 aromatic rings. The van der Waals surface area contributed by atoms with Gasteiger partial charge in [0.1, 0.15) is 29.1 Å². The van der Waals surface area contributed by atoms with E-state index < -0.39 is 17.5 Å². The summed E-state index contributed by atoms with van der Waals surface area (Å²) in [5, 5.41) is 18.3. The molecule has 0 aliphatic rings. The van der Waals surface area contributed by atoms with Crippen molar-refractivity contribution in [2.75, 3.05) is 0 Å². The molecule has 0 fully saturated rings. The molecule has 3 rings (SSSR count). The number of nitrogens with one attached hydrogen (secondary N) is 1. The van der Waals surface area contributed by atoms with E-state index in [9.17, 15) is 14.9 Å². The van der Waals surface area contributed by atoms with Crippen LogP contribution in [0.2, 0.25) is 5.02 Å². The molecular weight excluding hydrogens is 348 g/mol. The van der Waals surface area contributed by atoms with E-state index in [2.05, 4.69) is 4.98 Å². The number of aromatic nitrogens is 2. The average molecular weight is 359 g/mol. The largest absolute Gasteiger partial charge is 0.299 e. The summed E-state index contributed by atoms with van der Waals surface area (Å²) in [6.07, 6.45) is 0. The molecule has 0 radical (unpaired) electrons. The maximum atomic E-state index is 11.9. The molecule has 120 valence electrons. The minimum Gasteiger partial charge on any atom is -0.299 e. The van der Waals surface area contributed by atoms with Crippen molar-refractivity contribution < 1.29 is 9.59 Å². The predicted octanol–water partition coefficient (Wildman–Crippen LogP) is 2.82. The summed E-state index contributed by atoms with van der Waals surface area (Å²) in [4.78, 5) is 28.5. The van der Waals surface area contributed by atoms with E-state index in [1.165, 1.54) is 29.6 Å². The summed E-state index contributed by atoms with van der Waals surface area (Å²) >= 11 is 7.51. The monoisotopic (exact) mass is 358 g/mol. The number of halogens is 1. The Bertz CT molecular complexity index is 1110. The maximum absolute atomic E-state index is 11.9. The number of para-hydroxylation sites is 1. The zero-order valence-corrected chi connectivity index (χ0v) is 14.3. The Balaban J connectivity index is 2.51. The van der Waals surface area contributed by atoms with Crippen LogP contribution >= 0.6 is 22.9 Å². The van der Waals surface area contributed by atoms with Gasteiger partial charge in [-0.15, -0.1) is 0 Å². The minimum atomic E-state index is -1.14. The minimum absolute atomic E-state index is 0.0326. The van der Waals surface area contributed by atoms with Crippen molar-refractivity contribution in [2.45, 2.75) is 19.8 Å². The Morgan fingerprint density at radius 1 is 1.38 bits per heavy atom. The van der Waals surface area contributed by atoms with Gasteiger partial charge >= 0.3 is 0 Å². The number of carbonyl (C=O) groups excluding carboxylic acids is 2. The molecule has 0 unspecified atom stereocenters. The zero-order chi connectivity index (χ0) is 17.6. The molecule has 1 aromatic carbocycles. The lowest BCUT2D eigenvalue weighted by atomic mass is 9.94. The molecule has 0 bridgehead atoms. The number of hydrogen-bond donors (Lipinski definition) is 1. The summed E-state index contributed by atoms with van der Waals surface area (Å²) < 4.78 is 2.27. The molecule has 0 saturated heterocycles. The van der Waals surface area contributed by atoms with Gasteiger partial charge in [-0.3, -0.25) is 19.4 Å². The number of nitriles is 1. The number of ketones is 2. The van der Waals surface area contributed by atoms with E-state index >= 15 is 0 Å². The van der Waals surface area contributed by atoms with Gasteiger partial charge in [0.15, 0.2) is 10.4 Å². The van der Waals surface area contributed by atoms with Gasteiger partial charge in [0.2, 0.25) is 0 Å². The van der Waals surface area contributed by atoms with Gasteiger partial charge in [-0.2, -0.15) is 5.26 Å². The van der Waals surface area contributed by atoms with Crippen molar-refractivity contribution in [3.05, 3.63) is 40.0 Å². The maximum Gasteiger partial charge on any atom is 0.196 e. The topological polar surface area (TPSA) is 99.1 Å². The molecule has 6 nitrogen and oxygen atoms in total. The summed E-state index contributed by atoms with van der Waals surface area (Å²) in [5.74, 6) is -1.96. The third-order valence-electron chi connectivity index (χ3n) is 3.70. The van der Waals surface area contributed by atoms with Crippen LogP contribution in [0.15, 0.2) is 18.2 Å². The highest BCUT2D eigenvalue weighted by molar-refractivity contribution is 7.23. The molecule has 2 heterocycles. The van der Waals surface area contributed by atoms with Gasteiger partial charge < -0.3 is 0 Å². The third-order valence-corrected chi connectivity index (χ3v) is 5.01. The second kappa shape index (κ2) is 5.82. The van der Waals surface area contributed by atoms with Crippen LogP contribution in [0.25, 0.3) is 15.2 Å². The number of Topliss-reactive ketones (excluding diaryl/α,β-unsaturated/α-hetero) is 2. The van der Waals surface area contributed by atoms with Crippen LogP contribution in [0.5, 0.6) is 0 Å². The molecule has 0 aliphatic heterocycles. The number of carbonyl (C=O) groups is 2. The Morgan fingerprint density at radius 2 is 2.04 bits per heavy atom. The fourth-order valence-electron chi connectivity index (χ4n) is 2.70. The highest BCUT2D eigenvalue weighted by Crippen LogP contribution is 2.31. The van der Waals surface area contributed by atoms with E-state index in [0.29, 0.717) is 15.5 Å². The van der Waals surface area contributed by atoms with Crippen LogP contribution in [0, 0.1) is 16.7 Å². The normalized spacial score (nSPS) is 11.1. The number of thiazole rings is 1. The van der Waals surface area contributed by atoms with Gasteiger partial charge in [-0.25, -0.2) is 4.98 Å². The molecule has 2 aromatic heterocycles. The Labute approximate surface area is 145 Å². The van der Waals surface area contributed by atoms with Gasteiger partial charge in [0.25, 0.3) is 0 Å². The lowest BCUT2D eigenvalue weighted by molar-refractivity contribution is -0.126. The molecular formula is C16H11ClN4O2S. The van der Waals surface area contributed by atoms with E-state index in [1.54, 1.807) is 12.1 Å². The van der Waals surface area contributed by atoms with Gasteiger partial charge in [0, 0.05) is 0 Å². The van der Waals surface area contributed by atoms with Crippen molar-refractivity contribution in [3.8, 4) is 6.07 Å².